The van der Waals surface area contributed by atoms with Crippen molar-refractivity contribution in [2.45, 2.75) is 24.9 Å². The van der Waals surface area contributed by atoms with Crippen molar-refractivity contribution in [2.75, 3.05) is 12.3 Å². The predicted octanol–water partition coefficient (Wildman–Crippen LogP) is 1.33. The Morgan fingerprint density at radius 1 is 1.56 bits per heavy atom. The second-order valence-electron chi connectivity index (χ2n) is 3.31. The van der Waals surface area contributed by atoms with Gasteiger partial charge in [0.15, 0.2) is 5.16 Å². The first-order valence-corrected chi connectivity index (χ1v) is 6.33. The Morgan fingerprint density at radius 3 is 3.06 bits per heavy atom. The molecule has 0 amide bonds. The maximum Gasteiger partial charge on any atom is 0.251 e. The molecule has 1 heterocycles. The lowest BCUT2D eigenvalue weighted by molar-refractivity contribution is 0.816. The third kappa shape index (κ3) is 4.63. The van der Waals surface area contributed by atoms with Crippen LogP contribution in [0.5, 0.6) is 0 Å². The summed E-state index contributed by atoms with van der Waals surface area (Å²) in [4.78, 5) is 18.4. The van der Waals surface area contributed by atoms with Crippen LogP contribution in [-0.2, 0) is 6.42 Å². The number of hydrogen-bond donors (Lipinski definition) is 2. The van der Waals surface area contributed by atoms with Gasteiger partial charge in [0.1, 0.15) is 0 Å². The minimum Gasteiger partial charge on any atom is -0.327 e. The Balaban J connectivity index is 2.65. The highest BCUT2D eigenvalue weighted by Crippen LogP contribution is 2.11. The normalized spacial score (nSPS) is 11.1. The van der Waals surface area contributed by atoms with Gasteiger partial charge in [-0.05, 0) is 6.42 Å². The van der Waals surface area contributed by atoms with Crippen molar-refractivity contribution >= 4 is 11.8 Å². The highest BCUT2D eigenvalue weighted by Gasteiger charge is 2.00. The number of thioether (sulfide) groups is 1. The van der Waals surface area contributed by atoms with Crippen molar-refractivity contribution < 1.29 is 0 Å². The van der Waals surface area contributed by atoms with Crippen LogP contribution < -0.4 is 11.3 Å². The Kier molecular flexibility index (Phi) is 5.88. The number of H-pyrrole nitrogens is 1. The number of nitrogens with two attached hydrogens (primary N) is 1. The van der Waals surface area contributed by atoms with Crippen LogP contribution in [0.15, 0.2) is 28.2 Å². The predicted molar refractivity (Wildman–Crippen MR) is 67.8 cm³/mol. The van der Waals surface area contributed by atoms with Crippen molar-refractivity contribution in [2.24, 2.45) is 5.73 Å². The van der Waals surface area contributed by atoms with Gasteiger partial charge in [0.25, 0.3) is 5.56 Å². The first-order valence-electron chi connectivity index (χ1n) is 5.34. The number of aromatic nitrogens is 2. The Bertz CT molecular complexity index is 400. The van der Waals surface area contributed by atoms with E-state index < -0.39 is 0 Å². The summed E-state index contributed by atoms with van der Waals surface area (Å²) in [5, 5.41) is 0.678. The molecule has 1 aromatic heterocycles. The Labute approximate surface area is 99.4 Å². The molecule has 0 atom stereocenters. The lowest BCUT2D eigenvalue weighted by Gasteiger charge is -2.01. The van der Waals surface area contributed by atoms with E-state index in [0.717, 1.165) is 24.3 Å². The number of rotatable bonds is 6. The fourth-order valence-corrected chi connectivity index (χ4v) is 1.97. The molecule has 0 aromatic carbocycles. The van der Waals surface area contributed by atoms with Gasteiger partial charge >= 0.3 is 0 Å². The molecule has 0 saturated carbocycles. The number of aromatic amines is 1. The lowest BCUT2D eigenvalue weighted by Crippen LogP contribution is -2.09. The molecule has 1 rings (SSSR count). The first kappa shape index (κ1) is 13.0. The largest absolute Gasteiger partial charge is 0.327 e. The van der Waals surface area contributed by atoms with Gasteiger partial charge < -0.3 is 10.7 Å². The maximum absolute atomic E-state index is 11.3. The molecular formula is C11H17N3OS. The van der Waals surface area contributed by atoms with Gasteiger partial charge in [-0.1, -0.05) is 37.3 Å². The smallest absolute Gasteiger partial charge is 0.251 e. The topological polar surface area (TPSA) is 71.8 Å². The summed E-state index contributed by atoms with van der Waals surface area (Å²) in [5.74, 6) is 0.774. The van der Waals surface area contributed by atoms with E-state index in [1.165, 1.54) is 11.8 Å². The standard InChI is InChI=1S/C11H17N3OS/c1-2-5-9-8-10(15)14-11(13-9)16-7-4-3-6-12/h3-4,8H,2,5-7,12H2,1H3,(H,13,14,15). The van der Waals surface area contributed by atoms with Crippen molar-refractivity contribution in [3.05, 3.63) is 34.3 Å². The van der Waals surface area contributed by atoms with E-state index in [0.29, 0.717) is 11.7 Å². The second-order valence-corrected chi connectivity index (χ2v) is 4.32. The van der Waals surface area contributed by atoms with Crippen LogP contribution in [0.4, 0.5) is 0 Å². The highest BCUT2D eigenvalue weighted by molar-refractivity contribution is 7.99. The van der Waals surface area contributed by atoms with Crippen LogP contribution in [0.2, 0.25) is 0 Å². The molecule has 16 heavy (non-hydrogen) atoms. The van der Waals surface area contributed by atoms with Gasteiger partial charge in [-0.25, -0.2) is 4.98 Å². The average Bonchev–Trinajstić information content (AvgIpc) is 2.24. The van der Waals surface area contributed by atoms with Crippen LogP contribution in [-0.4, -0.2) is 22.3 Å². The van der Waals surface area contributed by atoms with E-state index in [1.807, 2.05) is 12.2 Å². The summed E-state index contributed by atoms with van der Waals surface area (Å²) < 4.78 is 0. The zero-order valence-corrected chi connectivity index (χ0v) is 10.2. The van der Waals surface area contributed by atoms with Gasteiger partial charge in [0, 0.05) is 24.1 Å². The van der Waals surface area contributed by atoms with E-state index in [9.17, 15) is 4.79 Å². The highest BCUT2D eigenvalue weighted by atomic mass is 32.2. The second kappa shape index (κ2) is 7.24. The summed E-state index contributed by atoms with van der Waals surface area (Å²) in [5.41, 5.74) is 6.10. The molecule has 0 aliphatic heterocycles. The van der Waals surface area contributed by atoms with Crippen molar-refractivity contribution in [3.63, 3.8) is 0 Å². The molecule has 0 unspecified atom stereocenters. The van der Waals surface area contributed by atoms with Crippen molar-refractivity contribution in [3.8, 4) is 0 Å². The monoisotopic (exact) mass is 239 g/mol. The SMILES string of the molecule is CCCc1cc(=O)[nH]c(SCC=CCN)n1. The van der Waals surface area contributed by atoms with Gasteiger partial charge in [-0.2, -0.15) is 0 Å². The zero-order valence-electron chi connectivity index (χ0n) is 9.40. The molecule has 5 heteroatoms. The minimum absolute atomic E-state index is 0.0799. The van der Waals surface area contributed by atoms with Crippen LogP contribution in [0.1, 0.15) is 19.0 Å². The minimum atomic E-state index is -0.0799. The molecule has 88 valence electrons. The summed E-state index contributed by atoms with van der Waals surface area (Å²) in [6.07, 6.45) is 5.70. The van der Waals surface area contributed by atoms with Crippen LogP contribution in [0, 0.1) is 0 Å². The molecule has 0 radical (unpaired) electrons. The van der Waals surface area contributed by atoms with Gasteiger partial charge in [-0.15, -0.1) is 0 Å². The van der Waals surface area contributed by atoms with Gasteiger partial charge in [-0.3, -0.25) is 4.79 Å². The third-order valence-corrected chi connectivity index (χ3v) is 2.72. The molecule has 0 bridgehead atoms. The summed E-state index contributed by atoms with van der Waals surface area (Å²) >= 11 is 1.51. The molecule has 0 aliphatic rings. The maximum atomic E-state index is 11.3. The fraction of sp³-hybridized carbons (Fsp3) is 0.455. The summed E-state index contributed by atoms with van der Waals surface area (Å²) in [6.45, 7) is 2.61. The summed E-state index contributed by atoms with van der Waals surface area (Å²) in [6, 6.07) is 1.56. The van der Waals surface area contributed by atoms with Crippen molar-refractivity contribution in [1.29, 1.82) is 0 Å². The Hall–Kier alpha value is -1.07. The van der Waals surface area contributed by atoms with Crippen LogP contribution >= 0.6 is 11.8 Å². The zero-order chi connectivity index (χ0) is 11.8. The van der Waals surface area contributed by atoms with Crippen molar-refractivity contribution in [1.82, 2.24) is 9.97 Å². The third-order valence-electron chi connectivity index (χ3n) is 1.90. The number of nitrogens with one attached hydrogen (secondary N) is 1. The van der Waals surface area contributed by atoms with Gasteiger partial charge in [0.2, 0.25) is 0 Å². The Morgan fingerprint density at radius 2 is 2.38 bits per heavy atom. The van der Waals surface area contributed by atoms with Gasteiger partial charge in [0.05, 0.1) is 0 Å². The van der Waals surface area contributed by atoms with E-state index in [1.54, 1.807) is 6.07 Å². The van der Waals surface area contributed by atoms with E-state index in [-0.39, 0.29) is 5.56 Å². The molecule has 0 spiro atoms. The molecular weight excluding hydrogens is 222 g/mol. The fourth-order valence-electron chi connectivity index (χ4n) is 1.23. The van der Waals surface area contributed by atoms with Crippen LogP contribution in [0.25, 0.3) is 0 Å². The number of nitrogens with zero attached hydrogens (tertiary/aromatic N) is 1. The number of hydrogen-bond acceptors (Lipinski definition) is 4. The molecule has 0 fully saturated rings. The quantitative estimate of drug-likeness (QED) is 0.446. The molecule has 4 nitrogen and oxygen atoms in total. The first-order chi connectivity index (χ1) is 7.76. The molecule has 3 N–H and O–H groups in total. The van der Waals surface area contributed by atoms with Crippen LogP contribution in [0.3, 0.4) is 0 Å². The van der Waals surface area contributed by atoms with E-state index >= 15 is 0 Å². The lowest BCUT2D eigenvalue weighted by atomic mass is 10.2. The van der Waals surface area contributed by atoms with E-state index in [2.05, 4.69) is 16.9 Å². The average molecular weight is 239 g/mol. The molecule has 1 aromatic rings. The molecule has 0 saturated heterocycles. The molecule has 0 aliphatic carbocycles. The summed E-state index contributed by atoms with van der Waals surface area (Å²) in [7, 11) is 0. The van der Waals surface area contributed by atoms with E-state index in [4.69, 9.17) is 5.73 Å². The number of aryl methyl sites for hydroxylation is 1.